The number of hydrogen-bond donors (Lipinski definition) is 1. The van der Waals surface area contributed by atoms with E-state index in [1.54, 1.807) is 0 Å². The van der Waals surface area contributed by atoms with Gasteiger partial charge in [0.2, 0.25) is 0 Å². The predicted molar refractivity (Wildman–Crippen MR) is 55.9 cm³/mol. The Morgan fingerprint density at radius 2 is 2.18 bits per heavy atom. The molecule has 17 heavy (non-hydrogen) atoms. The molecule has 1 rings (SSSR count). The first-order valence-corrected chi connectivity index (χ1v) is 4.67. The van der Waals surface area contributed by atoms with Gasteiger partial charge in [0.1, 0.15) is 11.6 Å². The van der Waals surface area contributed by atoms with Gasteiger partial charge in [-0.3, -0.25) is 4.79 Å². The van der Waals surface area contributed by atoms with Crippen molar-refractivity contribution in [2.24, 2.45) is 0 Å². The van der Waals surface area contributed by atoms with Crippen molar-refractivity contribution in [1.82, 2.24) is 4.98 Å². The summed E-state index contributed by atoms with van der Waals surface area (Å²) in [5, 5.41) is 0. The van der Waals surface area contributed by atoms with E-state index in [0.29, 0.717) is 0 Å². The number of carbonyl (C=O) groups excluding carboxylic acids is 1. The highest BCUT2D eigenvalue weighted by Crippen LogP contribution is 2.32. The van der Waals surface area contributed by atoms with Crippen LogP contribution in [0, 0.1) is 0 Å². The zero-order valence-electron chi connectivity index (χ0n) is 9.37. The number of ether oxygens (including phenoxy) is 2. The molecule has 0 radical (unpaired) electrons. The fourth-order valence-corrected chi connectivity index (χ4v) is 1.35. The third kappa shape index (κ3) is 3.02. The SMILES string of the molecule is COC(=O)Cc1nc(N)cc(OC)c1C(F)F. The van der Waals surface area contributed by atoms with Crippen LogP contribution in [0.1, 0.15) is 17.7 Å². The highest BCUT2D eigenvalue weighted by molar-refractivity contribution is 5.73. The molecule has 94 valence electrons. The van der Waals surface area contributed by atoms with Crippen LogP contribution in [0.4, 0.5) is 14.6 Å². The average molecular weight is 246 g/mol. The number of carbonyl (C=O) groups is 1. The van der Waals surface area contributed by atoms with Gasteiger partial charge in [-0.15, -0.1) is 0 Å². The molecule has 0 fully saturated rings. The van der Waals surface area contributed by atoms with Gasteiger partial charge in [-0.05, 0) is 0 Å². The summed E-state index contributed by atoms with van der Waals surface area (Å²) in [6.07, 6.45) is -3.19. The van der Waals surface area contributed by atoms with E-state index in [-0.39, 0.29) is 23.7 Å². The van der Waals surface area contributed by atoms with Gasteiger partial charge in [-0.1, -0.05) is 0 Å². The molecule has 0 aliphatic heterocycles. The van der Waals surface area contributed by atoms with Crippen LogP contribution in [-0.4, -0.2) is 25.2 Å². The Morgan fingerprint density at radius 1 is 1.53 bits per heavy atom. The Balaban J connectivity index is 3.25. The molecule has 0 aliphatic rings. The summed E-state index contributed by atoms with van der Waals surface area (Å²) in [5.41, 5.74) is 4.86. The van der Waals surface area contributed by atoms with Crippen molar-refractivity contribution < 1.29 is 23.0 Å². The Labute approximate surface area is 96.5 Å². The number of nitrogens with two attached hydrogens (primary N) is 1. The minimum absolute atomic E-state index is 0.00477. The number of halogens is 2. The molecule has 0 spiro atoms. The molecular weight excluding hydrogens is 234 g/mol. The summed E-state index contributed by atoms with van der Waals surface area (Å²) in [6, 6.07) is 1.18. The lowest BCUT2D eigenvalue weighted by Gasteiger charge is -2.12. The van der Waals surface area contributed by atoms with E-state index >= 15 is 0 Å². The van der Waals surface area contributed by atoms with Gasteiger partial charge in [0, 0.05) is 6.07 Å². The summed E-state index contributed by atoms with van der Waals surface area (Å²) >= 11 is 0. The summed E-state index contributed by atoms with van der Waals surface area (Å²) in [5.74, 6) is -0.761. The van der Waals surface area contributed by atoms with E-state index in [4.69, 9.17) is 10.5 Å². The van der Waals surface area contributed by atoms with Gasteiger partial charge in [0.05, 0.1) is 31.9 Å². The summed E-state index contributed by atoms with van der Waals surface area (Å²) < 4.78 is 34.9. The van der Waals surface area contributed by atoms with Crippen molar-refractivity contribution in [3.63, 3.8) is 0 Å². The van der Waals surface area contributed by atoms with Crippen molar-refractivity contribution in [1.29, 1.82) is 0 Å². The van der Waals surface area contributed by atoms with Gasteiger partial charge >= 0.3 is 5.97 Å². The van der Waals surface area contributed by atoms with Gasteiger partial charge < -0.3 is 15.2 Å². The van der Waals surface area contributed by atoms with Crippen LogP contribution in [-0.2, 0) is 16.0 Å². The van der Waals surface area contributed by atoms with Crippen LogP contribution in [0.15, 0.2) is 6.07 Å². The quantitative estimate of drug-likeness (QED) is 0.811. The van der Waals surface area contributed by atoms with Crippen LogP contribution in [0.25, 0.3) is 0 Å². The monoisotopic (exact) mass is 246 g/mol. The molecule has 0 unspecified atom stereocenters. The lowest BCUT2D eigenvalue weighted by molar-refractivity contribution is -0.139. The molecule has 0 aromatic carbocycles. The number of pyridine rings is 1. The minimum Gasteiger partial charge on any atom is -0.496 e. The number of hydrogen-bond acceptors (Lipinski definition) is 5. The second kappa shape index (κ2) is 5.42. The number of anilines is 1. The van der Waals surface area contributed by atoms with Crippen LogP contribution in [0.3, 0.4) is 0 Å². The molecule has 0 atom stereocenters. The summed E-state index contributed by atoms with van der Waals surface area (Å²) in [4.78, 5) is 14.8. The van der Waals surface area contributed by atoms with Crippen molar-refractivity contribution in [3.8, 4) is 5.75 Å². The second-order valence-corrected chi connectivity index (χ2v) is 3.16. The molecule has 7 heteroatoms. The van der Waals surface area contributed by atoms with Crippen LogP contribution in [0.2, 0.25) is 0 Å². The van der Waals surface area contributed by atoms with E-state index < -0.39 is 18.0 Å². The summed E-state index contributed by atoms with van der Waals surface area (Å²) in [7, 11) is 2.40. The molecule has 1 aromatic heterocycles. The highest BCUT2D eigenvalue weighted by Gasteiger charge is 2.22. The number of nitrogen functional groups attached to an aromatic ring is 1. The molecule has 2 N–H and O–H groups in total. The van der Waals surface area contributed by atoms with E-state index in [1.165, 1.54) is 13.2 Å². The maximum atomic E-state index is 12.8. The Bertz CT molecular complexity index is 424. The van der Waals surface area contributed by atoms with Crippen molar-refractivity contribution >= 4 is 11.8 Å². The van der Waals surface area contributed by atoms with Crippen molar-refractivity contribution in [2.75, 3.05) is 20.0 Å². The minimum atomic E-state index is -2.81. The number of alkyl halides is 2. The fourth-order valence-electron chi connectivity index (χ4n) is 1.35. The van der Waals surface area contributed by atoms with Crippen LogP contribution >= 0.6 is 0 Å². The Kier molecular flexibility index (Phi) is 4.19. The molecule has 0 saturated carbocycles. The summed E-state index contributed by atoms with van der Waals surface area (Å²) in [6.45, 7) is 0. The molecule has 1 aromatic rings. The lowest BCUT2D eigenvalue weighted by Crippen LogP contribution is -2.11. The van der Waals surface area contributed by atoms with Crippen molar-refractivity contribution in [3.05, 3.63) is 17.3 Å². The number of aromatic nitrogens is 1. The van der Waals surface area contributed by atoms with Gasteiger partial charge in [0.25, 0.3) is 6.43 Å². The van der Waals surface area contributed by atoms with Gasteiger partial charge in [-0.2, -0.15) is 0 Å². The maximum absolute atomic E-state index is 12.8. The Morgan fingerprint density at radius 3 is 2.65 bits per heavy atom. The normalized spacial score (nSPS) is 10.4. The van der Waals surface area contributed by atoms with E-state index in [2.05, 4.69) is 9.72 Å². The number of esters is 1. The topological polar surface area (TPSA) is 74.4 Å². The third-order valence-corrected chi connectivity index (χ3v) is 2.10. The highest BCUT2D eigenvalue weighted by atomic mass is 19.3. The molecular formula is C10H12F2N2O3. The number of methoxy groups -OCH3 is 2. The zero-order chi connectivity index (χ0) is 13.0. The largest absolute Gasteiger partial charge is 0.496 e. The first-order chi connectivity index (χ1) is 7.99. The smallest absolute Gasteiger partial charge is 0.311 e. The Hall–Kier alpha value is -1.92. The molecule has 5 nitrogen and oxygen atoms in total. The molecule has 1 heterocycles. The van der Waals surface area contributed by atoms with E-state index in [0.717, 1.165) is 7.11 Å². The van der Waals surface area contributed by atoms with Crippen LogP contribution < -0.4 is 10.5 Å². The first kappa shape index (κ1) is 13.1. The average Bonchev–Trinajstić information content (AvgIpc) is 2.27. The lowest BCUT2D eigenvalue weighted by atomic mass is 10.1. The predicted octanol–water partition coefficient (Wildman–Crippen LogP) is 1.33. The molecule has 0 saturated heterocycles. The van der Waals surface area contributed by atoms with Gasteiger partial charge in [-0.25, -0.2) is 13.8 Å². The van der Waals surface area contributed by atoms with E-state index in [1.807, 2.05) is 0 Å². The molecule has 0 bridgehead atoms. The number of nitrogens with zero attached hydrogens (tertiary/aromatic N) is 1. The zero-order valence-corrected chi connectivity index (χ0v) is 9.37. The first-order valence-electron chi connectivity index (χ1n) is 4.67. The molecule has 0 amide bonds. The maximum Gasteiger partial charge on any atom is 0.311 e. The fraction of sp³-hybridized carbons (Fsp3) is 0.400. The second-order valence-electron chi connectivity index (χ2n) is 3.16. The third-order valence-electron chi connectivity index (χ3n) is 2.10. The number of rotatable bonds is 4. The standard InChI is InChI=1S/C10H12F2N2O3/c1-16-6-4-7(13)14-5(3-8(15)17-2)9(6)10(11)12/h4,10H,3H2,1-2H3,(H2,13,14). The van der Waals surface area contributed by atoms with E-state index in [9.17, 15) is 13.6 Å². The van der Waals surface area contributed by atoms with Crippen LogP contribution in [0.5, 0.6) is 5.75 Å². The van der Waals surface area contributed by atoms with Gasteiger partial charge in [0.15, 0.2) is 0 Å². The van der Waals surface area contributed by atoms with Crippen molar-refractivity contribution in [2.45, 2.75) is 12.8 Å². The molecule has 0 aliphatic carbocycles.